The predicted molar refractivity (Wildman–Crippen MR) is 47.6 cm³/mol. The van der Waals surface area contributed by atoms with Crippen molar-refractivity contribution >= 4 is 0 Å². The van der Waals surface area contributed by atoms with Gasteiger partial charge in [0.2, 0.25) is 0 Å². The number of hydrogen-bond acceptors (Lipinski definition) is 1. The minimum atomic E-state index is 0.523. The van der Waals surface area contributed by atoms with E-state index < -0.39 is 0 Å². The van der Waals surface area contributed by atoms with Crippen LogP contribution in [0.1, 0.15) is 52.4 Å². The Morgan fingerprint density at radius 1 is 1.18 bits per heavy atom. The second-order valence-electron chi connectivity index (χ2n) is 4.72. The molecule has 1 heteroatoms. The molecule has 0 atom stereocenters. The van der Waals surface area contributed by atoms with Crippen molar-refractivity contribution in [1.82, 2.24) is 5.32 Å². The summed E-state index contributed by atoms with van der Waals surface area (Å²) in [7, 11) is 0. The van der Waals surface area contributed by atoms with E-state index in [-0.39, 0.29) is 0 Å². The summed E-state index contributed by atoms with van der Waals surface area (Å²) in [6, 6.07) is 0. The van der Waals surface area contributed by atoms with Crippen molar-refractivity contribution in [1.29, 1.82) is 0 Å². The van der Waals surface area contributed by atoms with Crippen LogP contribution in [0.5, 0.6) is 0 Å². The summed E-state index contributed by atoms with van der Waals surface area (Å²) < 4.78 is 0. The third kappa shape index (κ3) is 1.10. The van der Waals surface area contributed by atoms with Gasteiger partial charge in [-0.2, -0.15) is 0 Å². The normalized spacial score (nSPS) is 48.5. The Bertz CT molecular complexity index is 149. The molecule has 0 unspecified atom stereocenters. The lowest BCUT2D eigenvalue weighted by Gasteiger charge is -2.24. The fourth-order valence-electron chi connectivity index (χ4n) is 2.96. The van der Waals surface area contributed by atoms with Gasteiger partial charge in [-0.3, -0.25) is 0 Å². The molecular weight excluding hydrogens is 134 g/mol. The van der Waals surface area contributed by atoms with Crippen LogP contribution in [0.15, 0.2) is 0 Å². The fourth-order valence-corrected chi connectivity index (χ4v) is 2.96. The van der Waals surface area contributed by atoms with Crippen LogP contribution in [0.3, 0.4) is 0 Å². The van der Waals surface area contributed by atoms with Crippen LogP contribution in [-0.4, -0.2) is 11.1 Å². The maximum Gasteiger partial charge on any atom is 0.0187 e. The van der Waals surface area contributed by atoms with Gasteiger partial charge in [-0.1, -0.05) is 13.3 Å². The maximum absolute atomic E-state index is 3.82. The van der Waals surface area contributed by atoms with Crippen LogP contribution in [0.25, 0.3) is 0 Å². The molecule has 0 saturated carbocycles. The Morgan fingerprint density at radius 2 is 1.82 bits per heavy atom. The highest BCUT2D eigenvalue weighted by molar-refractivity contribution is 5.10. The van der Waals surface area contributed by atoms with Gasteiger partial charge in [-0.05, 0) is 39.0 Å². The Morgan fingerprint density at radius 3 is 2.18 bits per heavy atom. The minimum absolute atomic E-state index is 0.523. The van der Waals surface area contributed by atoms with Gasteiger partial charge in [0.1, 0.15) is 0 Å². The van der Waals surface area contributed by atoms with Gasteiger partial charge in [0.15, 0.2) is 0 Å². The van der Waals surface area contributed by atoms with Crippen LogP contribution in [-0.2, 0) is 0 Å². The molecule has 1 nitrogen and oxygen atoms in total. The molecule has 0 radical (unpaired) electrons. The van der Waals surface area contributed by atoms with Gasteiger partial charge in [0.05, 0.1) is 0 Å². The maximum atomic E-state index is 3.82. The highest BCUT2D eigenvalue weighted by Gasteiger charge is 2.49. The van der Waals surface area contributed by atoms with Gasteiger partial charge < -0.3 is 5.32 Å². The molecule has 0 amide bonds. The van der Waals surface area contributed by atoms with E-state index in [0.29, 0.717) is 11.1 Å². The lowest BCUT2D eigenvalue weighted by atomic mass is 9.81. The van der Waals surface area contributed by atoms with Gasteiger partial charge in [-0.15, -0.1) is 0 Å². The number of rotatable bonds is 2. The summed E-state index contributed by atoms with van der Waals surface area (Å²) in [5, 5.41) is 3.82. The first kappa shape index (κ1) is 7.60. The molecule has 1 N–H and O–H groups in total. The Hall–Kier alpha value is -0.0400. The smallest absolute Gasteiger partial charge is 0.0187 e. The van der Waals surface area contributed by atoms with E-state index in [4.69, 9.17) is 0 Å². The molecule has 0 aromatic rings. The average molecular weight is 153 g/mol. The summed E-state index contributed by atoms with van der Waals surface area (Å²) >= 11 is 0. The molecule has 2 bridgehead atoms. The van der Waals surface area contributed by atoms with Crippen molar-refractivity contribution in [2.24, 2.45) is 0 Å². The molecule has 2 saturated heterocycles. The number of hydrogen-bond donors (Lipinski definition) is 1. The topological polar surface area (TPSA) is 12.0 Å². The Kier molecular flexibility index (Phi) is 1.54. The number of nitrogens with one attached hydrogen (secondary N) is 1. The van der Waals surface area contributed by atoms with Crippen molar-refractivity contribution in [3.8, 4) is 0 Å². The fraction of sp³-hybridized carbons (Fsp3) is 1.00. The van der Waals surface area contributed by atoms with Crippen LogP contribution >= 0.6 is 0 Å². The summed E-state index contributed by atoms with van der Waals surface area (Å²) in [5.74, 6) is 0. The van der Waals surface area contributed by atoms with E-state index in [1.165, 1.54) is 38.5 Å². The highest BCUT2D eigenvalue weighted by Crippen LogP contribution is 2.46. The Labute approximate surface area is 69.6 Å². The zero-order valence-corrected chi connectivity index (χ0v) is 7.74. The first-order valence-corrected chi connectivity index (χ1v) is 4.97. The lowest BCUT2D eigenvalue weighted by molar-refractivity contribution is 0.354. The van der Waals surface area contributed by atoms with Crippen molar-refractivity contribution in [3.63, 3.8) is 0 Å². The second kappa shape index (κ2) is 2.22. The largest absolute Gasteiger partial charge is 0.306 e. The van der Waals surface area contributed by atoms with Gasteiger partial charge >= 0.3 is 0 Å². The van der Waals surface area contributed by atoms with Crippen LogP contribution in [0.4, 0.5) is 0 Å². The standard InChI is InChI=1S/C10H19N/c1-3-4-10-7-5-9(2,11-10)6-8-10/h11H,3-8H2,1-2H3. The molecule has 0 aliphatic carbocycles. The molecule has 2 fully saturated rings. The van der Waals surface area contributed by atoms with E-state index in [1.54, 1.807) is 0 Å². The third-order valence-corrected chi connectivity index (χ3v) is 3.61. The van der Waals surface area contributed by atoms with Crippen molar-refractivity contribution in [2.75, 3.05) is 0 Å². The van der Waals surface area contributed by atoms with Crippen LogP contribution in [0.2, 0.25) is 0 Å². The Balaban J connectivity index is 2.08. The third-order valence-electron chi connectivity index (χ3n) is 3.61. The van der Waals surface area contributed by atoms with Crippen molar-refractivity contribution in [2.45, 2.75) is 63.5 Å². The SMILES string of the molecule is CCCC12CCC(C)(CC1)N2. The lowest BCUT2D eigenvalue weighted by Crippen LogP contribution is -2.40. The molecule has 0 aromatic carbocycles. The molecule has 2 heterocycles. The van der Waals surface area contributed by atoms with Crippen molar-refractivity contribution in [3.05, 3.63) is 0 Å². The van der Waals surface area contributed by atoms with Crippen molar-refractivity contribution < 1.29 is 0 Å². The zero-order chi connectivity index (χ0) is 7.95. The molecule has 11 heavy (non-hydrogen) atoms. The average Bonchev–Trinajstić information content (AvgIpc) is 2.42. The highest BCUT2D eigenvalue weighted by atomic mass is 15.1. The second-order valence-corrected chi connectivity index (χ2v) is 4.72. The summed E-state index contributed by atoms with van der Waals surface area (Å²) in [5.41, 5.74) is 1.10. The molecular formula is C10H19N. The van der Waals surface area contributed by atoms with Crippen LogP contribution in [0, 0.1) is 0 Å². The molecule has 0 aromatic heterocycles. The summed E-state index contributed by atoms with van der Waals surface area (Å²) in [4.78, 5) is 0. The monoisotopic (exact) mass is 153 g/mol. The van der Waals surface area contributed by atoms with Gasteiger partial charge in [0.25, 0.3) is 0 Å². The predicted octanol–water partition coefficient (Wildman–Crippen LogP) is 2.46. The van der Waals surface area contributed by atoms with E-state index in [2.05, 4.69) is 19.2 Å². The quantitative estimate of drug-likeness (QED) is 0.642. The minimum Gasteiger partial charge on any atom is -0.306 e. The van der Waals surface area contributed by atoms with Gasteiger partial charge in [0, 0.05) is 11.1 Å². The first-order chi connectivity index (χ1) is 5.18. The molecule has 2 aliphatic heterocycles. The van der Waals surface area contributed by atoms with Crippen LogP contribution < -0.4 is 5.32 Å². The van der Waals surface area contributed by atoms with E-state index in [0.717, 1.165) is 0 Å². The summed E-state index contributed by atoms with van der Waals surface area (Å²) in [6.45, 7) is 4.68. The molecule has 64 valence electrons. The van der Waals surface area contributed by atoms with Gasteiger partial charge in [-0.25, -0.2) is 0 Å². The molecule has 2 aliphatic rings. The molecule has 2 rings (SSSR count). The first-order valence-electron chi connectivity index (χ1n) is 4.97. The van der Waals surface area contributed by atoms with E-state index in [9.17, 15) is 0 Å². The molecule has 0 spiro atoms. The zero-order valence-electron chi connectivity index (χ0n) is 7.74. The van der Waals surface area contributed by atoms with E-state index in [1.807, 2.05) is 0 Å². The summed E-state index contributed by atoms with van der Waals surface area (Å²) in [6.07, 6.45) is 8.40. The van der Waals surface area contributed by atoms with E-state index >= 15 is 0 Å². The number of fused-ring (bicyclic) bond motifs is 2.